The molecule has 1 aliphatic heterocycles. The number of hydrogen-bond acceptors (Lipinski definition) is 4. The third-order valence-electron chi connectivity index (χ3n) is 5.09. The van der Waals surface area contributed by atoms with E-state index in [1.165, 1.54) is 0 Å². The van der Waals surface area contributed by atoms with Crippen molar-refractivity contribution in [1.29, 1.82) is 0 Å². The first-order chi connectivity index (χ1) is 13.9. The van der Waals surface area contributed by atoms with Crippen molar-refractivity contribution in [3.05, 3.63) is 69.7 Å². The topological polar surface area (TPSA) is 53.0 Å². The van der Waals surface area contributed by atoms with E-state index in [0.717, 1.165) is 24.2 Å². The van der Waals surface area contributed by atoms with E-state index < -0.39 is 6.10 Å². The number of hydrogen-bond donors (Lipinski definition) is 1. The molecular formula is C22H26Cl2N2O3. The van der Waals surface area contributed by atoms with Crippen molar-refractivity contribution in [2.45, 2.75) is 19.1 Å². The first kappa shape index (κ1) is 22.1. The summed E-state index contributed by atoms with van der Waals surface area (Å²) in [4.78, 5) is 15.4. The molecule has 1 heterocycles. The Labute approximate surface area is 181 Å². The van der Waals surface area contributed by atoms with E-state index in [-0.39, 0.29) is 18.6 Å². The van der Waals surface area contributed by atoms with E-state index >= 15 is 0 Å². The normalized spacial score (nSPS) is 16.2. The van der Waals surface area contributed by atoms with Crippen LogP contribution < -0.4 is 0 Å². The molecule has 1 amide bonds. The van der Waals surface area contributed by atoms with E-state index in [4.69, 9.17) is 27.9 Å². The highest BCUT2D eigenvalue weighted by atomic mass is 35.5. The van der Waals surface area contributed by atoms with Crippen LogP contribution >= 0.6 is 23.2 Å². The number of ether oxygens (including phenoxy) is 1. The highest BCUT2D eigenvalue weighted by Gasteiger charge is 2.22. The Morgan fingerprint density at radius 3 is 1.90 bits per heavy atom. The van der Waals surface area contributed by atoms with Gasteiger partial charge >= 0.3 is 0 Å². The van der Waals surface area contributed by atoms with Gasteiger partial charge in [-0.3, -0.25) is 9.69 Å². The Morgan fingerprint density at radius 1 is 0.966 bits per heavy atom. The van der Waals surface area contributed by atoms with Gasteiger partial charge in [0.2, 0.25) is 5.91 Å². The van der Waals surface area contributed by atoms with Crippen molar-refractivity contribution >= 4 is 29.1 Å². The standard InChI is InChI=1S/C22H26Cl2N2O3/c1-16(27)26-12-10-25(11-13-26)14-21(28)15-29-22(17-2-6-19(23)7-3-17)18-4-8-20(24)9-5-18/h2-9,21-22,28H,10-15H2,1H3/t21-/m0/s1. The minimum absolute atomic E-state index is 0.0994. The Hall–Kier alpha value is -1.63. The van der Waals surface area contributed by atoms with Gasteiger partial charge in [0.25, 0.3) is 0 Å². The Balaban J connectivity index is 1.60. The van der Waals surface area contributed by atoms with Crippen LogP contribution in [0.25, 0.3) is 0 Å². The minimum Gasteiger partial charge on any atom is -0.389 e. The summed E-state index contributed by atoms with van der Waals surface area (Å²) in [6, 6.07) is 15.0. The minimum atomic E-state index is -0.624. The summed E-state index contributed by atoms with van der Waals surface area (Å²) >= 11 is 12.0. The second-order valence-electron chi connectivity index (χ2n) is 7.28. The number of aliphatic hydroxyl groups excluding tert-OH is 1. The zero-order chi connectivity index (χ0) is 20.8. The zero-order valence-electron chi connectivity index (χ0n) is 16.4. The highest BCUT2D eigenvalue weighted by Crippen LogP contribution is 2.28. The van der Waals surface area contributed by atoms with Crippen LogP contribution in [0.5, 0.6) is 0 Å². The number of aliphatic hydroxyl groups is 1. The average Bonchev–Trinajstić information content (AvgIpc) is 2.71. The largest absolute Gasteiger partial charge is 0.389 e. The third kappa shape index (κ3) is 6.43. The summed E-state index contributed by atoms with van der Waals surface area (Å²) in [5.74, 6) is 0.0994. The lowest BCUT2D eigenvalue weighted by Gasteiger charge is -2.35. The molecule has 5 nitrogen and oxygen atoms in total. The fourth-order valence-corrected chi connectivity index (χ4v) is 3.72. The summed E-state index contributed by atoms with van der Waals surface area (Å²) in [6.45, 7) is 5.21. The number of benzene rings is 2. The fraction of sp³-hybridized carbons (Fsp3) is 0.409. The molecule has 2 aromatic carbocycles. The molecule has 1 atom stereocenters. The molecule has 0 unspecified atom stereocenters. The molecule has 0 aliphatic carbocycles. The van der Waals surface area contributed by atoms with Crippen molar-refractivity contribution in [3.63, 3.8) is 0 Å². The highest BCUT2D eigenvalue weighted by molar-refractivity contribution is 6.30. The van der Waals surface area contributed by atoms with Crippen LogP contribution in [0.2, 0.25) is 10.0 Å². The molecule has 1 fully saturated rings. The number of halogens is 2. The third-order valence-corrected chi connectivity index (χ3v) is 5.59. The summed E-state index contributed by atoms with van der Waals surface area (Å²) in [5.41, 5.74) is 1.91. The van der Waals surface area contributed by atoms with Crippen LogP contribution in [-0.2, 0) is 9.53 Å². The Kier molecular flexibility index (Phi) is 7.92. The molecule has 0 aromatic heterocycles. The maximum Gasteiger partial charge on any atom is 0.219 e. The summed E-state index contributed by atoms with van der Waals surface area (Å²) < 4.78 is 6.13. The zero-order valence-corrected chi connectivity index (χ0v) is 17.9. The second kappa shape index (κ2) is 10.4. The van der Waals surface area contributed by atoms with Crippen LogP contribution in [0.1, 0.15) is 24.2 Å². The maximum atomic E-state index is 11.4. The molecule has 29 heavy (non-hydrogen) atoms. The van der Waals surface area contributed by atoms with Gasteiger partial charge in [-0.05, 0) is 35.4 Å². The fourth-order valence-electron chi connectivity index (χ4n) is 3.46. The van der Waals surface area contributed by atoms with Crippen molar-refractivity contribution in [2.75, 3.05) is 39.3 Å². The van der Waals surface area contributed by atoms with Crippen molar-refractivity contribution in [3.8, 4) is 0 Å². The van der Waals surface area contributed by atoms with E-state index in [2.05, 4.69) is 4.90 Å². The van der Waals surface area contributed by atoms with Gasteiger partial charge in [-0.1, -0.05) is 47.5 Å². The lowest BCUT2D eigenvalue weighted by atomic mass is 10.0. The number of piperazine rings is 1. The number of carbonyl (C=O) groups excluding carboxylic acids is 1. The monoisotopic (exact) mass is 436 g/mol. The molecule has 0 saturated carbocycles. The number of carbonyl (C=O) groups is 1. The average molecular weight is 437 g/mol. The summed E-state index contributed by atoms with van der Waals surface area (Å²) in [6.07, 6.45) is -0.949. The number of β-amino-alcohol motifs (C(OH)–C–C–N with tert-alkyl or cyclic N) is 1. The van der Waals surface area contributed by atoms with Gasteiger partial charge in [0, 0.05) is 49.7 Å². The predicted molar refractivity (Wildman–Crippen MR) is 115 cm³/mol. The van der Waals surface area contributed by atoms with E-state index in [1.54, 1.807) is 6.92 Å². The molecule has 1 saturated heterocycles. The Bertz CT molecular complexity index is 745. The second-order valence-corrected chi connectivity index (χ2v) is 8.15. The first-order valence-corrected chi connectivity index (χ1v) is 10.5. The molecular weight excluding hydrogens is 411 g/mol. The van der Waals surface area contributed by atoms with Crippen molar-refractivity contribution < 1.29 is 14.6 Å². The van der Waals surface area contributed by atoms with E-state index in [1.807, 2.05) is 53.4 Å². The molecule has 0 bridgehead atoms. The smallest absolute Gasteiger partial charge is 0.219 e. The van der Waals surface area contributed by atoms with Crippen LogP contribution in [0, 0.1) is 0 Å². The molecule has 156 valence electrons. The number of rotatable bonds is 7. The molecule has 0 spiro atoms. The quantitative estimate of drug-likeness (QED) is 0.719. The van der Waals surface area contributed by atoms with Gasteiger partial charge in [-0.2, -0.15) is 0 Å². The molecule has 0 radical (unpaired) electrons. The van der Waals surface area contributed by atoms with Gasteiger partial charge < -0.3 is 14.7 Å². The molecule has 1 aliphatic rings. The van der Waals surface area contributed by atoms with Gasteiger partial charge in [0.15, 0.2) is 0 Å². The van der Waals surface area contributed by atoms with Crippen LogP contribution in [0.4, 0.5) is 0 Å². The molecule has 7 heteroatoms. The van der Waals surface area contributed by atoms with Crippen LogP contribution in [0.15, 0.2) is 48.5 Å². The van der Waals surface area contributed by atoms with Gasteiger partial charge in [-0.15, -0.1) is 0 Å². The van der Waals surface area contributed by atoms with Crippen molar-refractivity contribution in [1.82, 2.24) is 9.80 Å². The molecule has 3 rings (SSSR count). The number of amides is 1. The molecule has 1 N–H and O–H groups in total. The van der Waals surface area contributed by atoms with Crippen LogP contribution in [0.3, 0.4) is 0 Å². The van der Waals surface area contributed by atoms with Gasteiger partial charge in [0.05, 0.1) is 12.7 Å². The molecule has 2 aromatic rings. The van der Waals surface area contributed by atoms with E-state index in [0.29, 0.717) is 29.7 Å². The summed E-state index contributed by atoms with van der Waals surface area (Å²) in [5, 5.41) is 11.8. The van der Waals surface area contributed by atoms with E-state index in [9.17, 15) is 9.90 Å². The number of nitrogens with zero attached hydrogens (tertiary/aromatic N) is 2. The van der Waals surface area contributed by atoms with Gasteiger partial charge in [-0.25, -0.2) is 0 Å². The first-order valence-electron chi connectivity index (χ1n) is 9.71. The maximum absolute atomic E-state index is 11.4. The van der Waals surface area contributed by atoms with Gasteiger partial charge in [0.1, 0.15) is 6.10 Å². The SMILES string of the molecule is CC(=O)N1CCN(C[C@H](O)COC(c2ccc(Cl)cc2)c2ccc(Cl)cc2)CC1. The Morgan fingerprint density at radius 2 is 1.45 bits per heavy atom. The van der Waals surface area contributed by atoms with Crippen molar-refractivity contribution in [2.24, 2.45) is 0 Å². The van der Waals surface area contributed by atoms with Crippen LogP contribution in [-0.4, -0.2) is 66.2 Å². The summed E-state index contributed by atoms with van der Waals surface area (Å²) in [7, 11) is 0. The lowest BCUT2D eigenvalue weighted by molar-refractivity contribution is -0.130. The lowest BCUT2D eigenvalue weighted by Crippen LogP contribution is -2.50. The predicted octanol–water partition coefficient (Wildman–Crippen LogP) is 3.62.